The number of fused-ring (bicyclic) bond motifs is 1. The largest absolute Gasteiger partial charge is 0.325 e. The molecule has 0 aliphatic carbocycles. The lowest BCUT2D eigenvalue weighted by molar-refractivity contribution is 0.778. The van der Waals surface area contributed by atoms with Gasteiger partial charge in [0.15, 0.2) is 5.15 Å². The van der Waals surface area contributed by atoms with E-state index in [1.54, 1.807) is 12.3 Å². The molecule has 0 aliphatic heterocycles. The topological polar surface area (TPSA) is 83.2 Å². The van der Waals surface area contributed by atoms with Crippen LogP contribution in [-0.4, -0.2) is 24.7 Å². The van der Waals surface area contributed by atoms with Crippen LogP contribution in [0.5, 0.6) is 0 Å². The van der Waals surface area contributed by atoms with Crippen LogP contribution in [-0.2, 0) is 6.54 Å². The van der Waals surface area contributed by atoms with Crippen LogP contribution >= 0.6 is 11.6 Å². The van der Waals surface area contributed by atoms with Gasteiger partial charge in [-0.2, -0.15) is 10.4 Å². The summed E-state index contributed by atoms with van der Waals surface area (Å²) in [5.41, 5.74) is 3.11. The minimum atomic E-state index is 0.216. The van der Waals surface area contributed by atoms with E-state index in [2.05, 4.69) is 40.1 Å². The molecule has 22 heavy (non-hydrogen) atoms. The van der Waals surface area contributed by atoms with Crippen molar-refractivity contribution in [1.29, 1.82) is 5.26 Å². The number of halogens is 1. The molecule has 3 aromatic heterocycles. The second kappa shape index (κ2) is 5.43. The number of H-pyrrole nitrogens is 1. The molecule has 0 atom stereocenters. The summed E-state index contributed by atoms with van der Waals surface area (Å²) in [6, 6.07) is 4.00. The summed E-state index contributed by atoms with van der Waals surface area (Å²) < 4.78 is 1.93. The van der Waals surface area contributed by atoms with Crippen molar-refractivity contribution >= 4 is 22.6 Å². The Bertz CT molecular complexity index is 883. The smallest absolute Gasteiger partial charge is 0.151 e. The highest BCUT2D eigenvalue weighted by Gasteiger charge is 2.18. The first-order chi connectivity index (χ1) is 10.5. The molecule has 0 fully saturated rings. The van der Waals surface area contributed by atoms with E-state index in [0.29, 0.717) is 23.1 Å². The van der Waals surface area contributed by atoms with Gasteiger partial charge in [-0.1, -0.05) is 25.4 Å². The number of nitrogens with zero attached hydrogens (tertiary/aromatic N) is 5. The number of nitriles is 1. The second-order valence-corrected chi connectivity index (χ2v) is 5.90. The Morgan fingerprint density at radius 2 is 2.18 bits per heavy atom. The number of aryl methyl sites for hydroxylation is 1. The van der Waals surface area contributed by atoms with Crippen LogP contribution in [0.4, 0.5) is 0 Å². The minimum absolute atomic E-state index is 0.216. The molecule has 0 bridgehead atoms. The van der Waals surface area contributed by atoms with Crippen LogP contribution in [0.2, 0.25) is 5.15 Å². The van der Waals surface area contributed by atoms with Crippen LogP contribution in [0.15, 0.2) is 12.3 Å². The molecular formula is C15H15ClN6. The molecule has 0 amide bonds. The van der Waals surface area contributed by atoms with Crippen molar-refractivity contribution in [1.82, 2.24) is 24.7 Å². The van der Waals surface area contributed by atoms with Crippen LogP contribution in [0.1, 0.15) is 42.5 Å². The SMILES string of the molecule is Cc1nc(C(C)C)c2c(C#N)cn(Cc3cc(Cl)n[nH]3)c2n1. The molecule has 0 spiro atoms. The Kier molecular flexibility index (Phi) is 3.59. The number of rotatable bonds is 3. The molecule has 112 valence electrons. The van der Waals surface area contributed by atoms with Crippen molar-refractivity contribution in [2.75, 3.05) is 0 Å². The molecule has 7 heteroatoms. The minimum Gasteiger partial charge on any atom is -0.325 e. The van der Waals surface area contributed by atoms with E-state index < -0.39 is 0 Å². The molecule has 6 nitrogen and oxygen atoms in total. The van der Waals surface area contributed by atoms with E-state index in [0.717, 1.165) is 22.4 Å². The molecule has 0 saturated heterocycles. The predicted molar refractivity (Wildman–Crippen MR) is 83.8 cm³/mol. The number of nitrogens with one attached hydrogen (secondary N) is 1. The van der Waals surface area contributed by atoms with E-state index in [4.69, 9.17) is 11.6 Å². The van der Waals surface area contributed by atoms with Gasteiger partial charge in [0.2, 0.25) is 0 Å². The summed E-state index contributed by atoms with van der Waals surface area (Å²) in [6.07, 6.45) is 1.80. The maximum Gasteiger partial charge on any atom is 0.151 e. The van der Waals surface area contributed by atoms with E-state index in [-0.39, 0.29) is 5.92 Å². The summed E-state index contributed by atoms with van der Waals surface area (Å²) in [4.78, 5) is 9.04. The van der Waals surface area contributed by atoms with Crippen LogP contribution < -0.4 is 0 Å². The van der Waals surface area contributed by atoms with Gasteiger partial charge < -0.3 is 4.57 Å². The zero-order chi connectivity index (χ0) is 15.9. The fourth-order valence-corrected chi connectivity index (χ4v) is 2.72. The molecular weight excluding hydrogens is 300 g/mol. The van der Waals surface area contributed by atoms with Gasteiger partial charge in [0.25, 0.3) is 0 Å². The highest BCUT2D eigenvalue weighted by Crippen LogP contribution is 2.28. The van der Waals surface area contributed by atoms with Gasteiger partial charge in [-0.3, -0.25) is 5.10 Å². The maximum absolute atomic E-state index is 9.43. The fourth-order valence-electron chi connectivity index (χ4n) is 2.55. The molecule has 3 aromatic rings. The normalized spacial score (nSPS) is 11.3. The first-order valence-electron chi connectivity index (χ1n) is 6.97. The molecule has 1 N–H and O–H groups in total. The number of hydrogen-bond donors (Lipinski definition) is 1. The lowest BCUT2D eigenvalue weighted by Crippen LogP contribution is -2.04. The van der Waals surface area contributed by atoms with Gasteiger partial charge >= 0.3 is 0 Å². The summed E-state index contributed by atoms with van der Waals surface area (Å²) in [6.45, 7) is 6.51. The van der Waals surface area contributed by atoms with Gasteiger partial charge in [0, 0.05) is 6.20 Å². The fraction of sp³-hybridized carbons (Fsp3) is 0.333. The standard InChI is InChI=1S/C15H15ClN6/c1-8(2)14-13-10(5-17)6-22(15(13)19-9(3)18-14)7-11-4-12(16)21-20-11/h4,6,8H,7H2,1-3H3,(H,20,21). The van der Waals surface area contributed by atoms with Crippen molar-refractivity contribution in [3.8, 4) is 6.07 Å². The molecule has 0 unspecified atom stereocenters. The third kappa shape index (κ3) is 2.44. The third-order valence-electron chi connectivity index (χ3n) is 3.46. The number of aromatic nitrogens is 5. The van der Waals surface area contributed by atoms with Gasteiger partial charge in [-0.25, -0.2) is 9.97 Å². The highest BCUT2D eigenvalue weighted by molar-refractivity contribution is 6.29. The van der Waals surface area contributed by atoms with Crippen molar-refractivity contribution in [2.24, 2.45) is 0 Å². The van der Waals surface area contributed by atoms with E-state index >= 15 is 0 Å². The molecule has 3 heterocycles. The summed E-state index contributed by atoms with van der Waals surface area (Å²) >= 11 is 5.84. The van der Waals surface area contributed by atoms with E-state index in [1.165, 1.54) is 0 Å². The average molecular weight is 315 g/mol. The Labute approximate surface area is 132 Å². The Hall–Kier alpha value is -2.39. The molecule has 3 rings (SSSR count). The van der Waals surface area contributed by atoms with Gasteiger partial charge in [0.05, 0.1) is 28.9 Å². The van der Waals surface area contributed by atoms with Crippen molar-refractivity contribution in [3.05, 3.63) is 40.2 Å². The Balaban J connectivity index is 2.21. The number of aromatic amines is 1. The molecule has 0 saturated carbocycles. The van der Waals surface area contributed by atoms with E-state index in [1.807, 2.05) is 11.5 Å². The number of hydrogen-bond acceptors (Lipinski definition) is 4. The third-order valence-corrected chi connectivity index (χ3v) is 3.66. The first kappa shape index (κ1) is 14.5. The second-order valence-electron chi connectivity index (χ2n) is 5.51. The summed E-state index contributed by atoms with van der Waals surface area (Å²) in [5, 5.41) is 17.5. The van der Waals surface area contributed by atoms with Gasteiger partial charge in [-0.05, 0) is 18.9 Å². The highest BCUT2D eigenvalue weighted by atomic mass is 35.5. The van der Waals surface area contributed by atoms with Crippen molar-refractivity contribution in [2.45, 2.75) is 33.2 Å². The lowest BCUT2D eigenvalue weighted by atomic mass is 10.0. The first-order valence-corrected chi connectivity index (χ1v) is 7.34. The van der Waals surface area contributed by atoms with Gasteiger partial charge in [-0.15, -0.1) is 0 Å². The monoisotopic (exact) mass is 314 g/mol. The quantitative estimate of drug-likeness (QED) is 0.805. The lowest BCUT2D eigenvalue weighted by Gasteiger charge is -2.09. The average Bonchev–Trinajstić information content (AvgIpc) is 3.02. The van der Waals surface area contributed by atoms with Crippen molar-refractivity contribution in [3.63, 3.8) is 0 Å². The molecule has 0 aromatic carbocycles. The maximum atomic E-state index is 9.43. The Morgan fingerprint density at radius 1 is 1.41 bits per heavy atom. The predicted octanol–water partition coefficient (Wildman–Crippen LogP) is 3.16. The van der Waals surface area contributed by atoms with Crippen LogP contribution in [0.25, 0.3) is 11.0 Å². The zero-order valence-corrected chi connectivity index (χ0v) is 13.3. The van der Waals surface area contributed by atoms with Crippen molar-refractivity contribution < 1.29 is 0 Å². The van der Waals surface area contributed by atoms with Crippen LogP contribution in [0, 0.1) is 18.3 Å². The Morgan fingerprint density at radius 3 is 2.77 bits per heavy atom. The molecule has 0 aliphatic rings. The van der Waals surface area contributed by atoms with Crippen LogP contribution in [0.3, 0.4) is 0 Å². The van der Waals surface area contributed by atoms with E-state index in [9.17, 15) is 5.26 Å². The molecule has 0 radical (unpaired) electrons. The zero-order valence-electron chi connectivity index (χ0n) is 12.6. The van der Waals surface area contributed by atoms with Gasteiger partial charge in [0.1, 0.15) is 17.5 Å². The summed E-state index contributed by atoms with van der Waals surface area (Å²) in [7, 11) is 0. The summed E-state index contributed by atoms with van der Waals surface area (Å²) in [5.74, 6) is 0.913.